The summed E-state index contributed by atoms with van der Waals surface area (Å²) < 4.78 is 30.2. The van der Waals surface area contributed by atoms with Gasteiger partial charge in [0, 0.05) is 33.1 Å². The lowest BCUT2D eigenvalue weighted by atomic mass is 9.87. The smallest absolute Gasteiger partial charge is 0.284 e. The molecule has 4 rings (SSSR count). The fourth-order valence-corrected chi connectivity index (χ4v) is 3.90. The third kappa shape index (κ3) is 4.22. The Bertz CT molecular complexity index is 1070. The molecule has 0 spiro atoms. The molecule has 1 amide bonds. The van der Waals surface area contributed by atoms with E-state index in [0.717, 1.165) is 25.7 Å². The van der Waals surface area contributed by atoms with Crippen molar-refractivity contribution >= 4 is 23.1 Å². The van der Waals surface area contributed by atoms with Crippen LogP contribution in [0.5, 0.6) is 0 Å². The fourth-order valence-electron chi connectivity index (χ4n) is 3.90. The van der Waals surface area contributed by atoms with Crippen molar-refractivity contribution in [2.75, 3.05) is 30.9 Å². The first-order valence-corrected chi connectivity index (χ1v) is 10.2. The second-order valence-electron chi connectivity index (χ2n) is 8.03. The van der Waals surface area contributed by atoms with Crippen LogP contribution in [-0.4, -0.2) is 56.1 Å². The van der Waals surface area contributed by atoms with Crippen molar-refractivity contribution in [3.05, 3.63) is 35.9 Å². The number of nitrogens with one attached hydrogen (secondary N) is 1. The molecule has 0 saturated heterocycles. The van der Waals surface area contributed by atoms with Gasteiger partial charge < -0.3 is 15.3 Å². The Hall–Kier alpha value is -3.08. The molecule has 0 radical (unpaired) electrons. The van der Waals surface area contributed by atoms with E-state index in [1.54, 1.807) is 17.2 Å². The molecule has 1 fully saturated rings. The molecule has 166 valence electrons. The molecule has 3 aromatic heterocycles. The highest BCUT2D eigenvalue weighted by atomic mass is 19.3. The van der Waals surface area contributed by atoms with Gasteiger partial charge in [-0.15, -0.1) is 0 Å². The summed E-state index contributed by atoms with van der Waals surface area (Å²) in [6.45, 7) is 0.138. The van der Waals surface area contributed by atoms with Gasteiger partial charge >= 0.3 is 0 Å². The van der Waals surface area contributed by atoms with Crippen molar-refractivity contribution in [2.45, 2.75) is 38.2 Å². The van der Waals surface area contributed by atoms with E-state index in [9.17, 15) is 18.7 Å². The van der Waals surface area contributed by atoms with Crippen LogP contribution in [0.2, 0.25) is 0 Å². The predicted octanol–water partition coefficient (Wildman–Crippen LogP) is 2.91. The average molecular weight is 433 g/mol. The Balaban J connectivity index is 1.59. The topological polar surface area (TPSA) is 101 Å². The second kappa shape index (κ2) is 8.58. The number of amides is 1. The molecule has 0 atom stereocenters. The van der Waals surface area contributed by atoms with Crippen LogP contribution in [0.15, 0.2) is 24.7 Å². The van der Waals surface area contributed by atoms with Crippen molar-refractivity contribution in [2.24, 2.45) is 5.92 Å². The number of alkyl halides is 2. The number of aromatic nitrogens is 5. The molecular weight excluding hydrogens is 408 g/mol. The summed E-state index contributed by atoms with van der Waals surface area (Å²) in [5.41, 5.74) is 0.0283. The van der Waals surface area contributed by atoms with Crippen molar-refractivity contribution in [3.63, 3.8) is 0 Å². The zero-order valence-electron chi connectivity index (χ0n) is 17.4. The average Bonchev–Trinajstić information content (AvgIpc) is 3.37. The van der Waals surface area contributed by atoms with E-state index in [4.69, 9.17) is 0 Å². The van der Waals surface area contributed by atoms with E-state index >= 15 is 0 Å². The first-order chi connectivity index (χ1) is 14.9. The van der Waals surface area contributed by atoms with Crippen LogP contribution in [-0.2, 0) is 0 Å². The van der Waals surface area contributed by atoms with Crippen LogP contribution in [0.25, 0.3) is 5.65 Å². The summed E-state index contributed by atoms with van der Waals surface area (Å²) in [5.74, 6) is 0.307. The number of nitrogens with zero attached hydrogens (tertiary/aromatic N) is 6. The number of fused-ring (bicyclic) bond motifs is 1. The highest BCUT2D eigenvalue weighted by molar-refractivity contribution is 6.08. The number of halogens is 2. The lowest BCUT2D eigenvalue weighted by Crippen LogP contribution is -2.20. The van der Waals surface area contributed by atoms with Gasteiger partial charge in [-0.25, -0.2) is 18.3 Å². The Labute approximate surface area is 177 Å². The Morgan fingerprint density at radius 3 is 2.71 bits per heavy atom. The standard InChI is InChI=1S/C20H25F2N7O2/c1-27(2)16-7-8-28-19(25-16)14(9-23-28)20(31)24-15-10-29(26-17(15)18(21)22)13-5-3-12(11-30)4-6-13/h7-10,12-13,18,30H,3-6,11H2,1-2H3,(H,24,31)/t12-,13-. The molecule has 1 aliphatic rings. The van der Waals surface area contributed by atoms with Gasteiger partial charge in [0.15, 0.2) is 11.3 Å². The monoisotopic (exact) mass is 433 g/mol. The molecule has 9 nitrogen and oxygen atoms in total. The largest absolute Gasteiger partial charge is 0.396 e. The number of hydrogen-bond donors (Lipinski definition) is 2. The minimum atomic E-state index is -2.83. The summed E-state index contributed by atoms with van der Waals surface area (Å²) in [7, 11) is 3.65. The summed E-state index contributed by atoms with van der Waals surface area (Å²) in [6.07, 6.45) is 4.80. The number of carbonyl (C=O) groups is 1. The van der Waals surface area contributed by atoms with Crippen LogP contribution in [0.3, 0.4) is 0 Å². The SMILES string of the molecule is CN(C)c1ccn2ncc(C(=O)Nc3cn([C@H]4CC[C@H](CO)CC4)nc3C(F)F)c2n1. The number of rotatable bonds is 6. The van der Waals surface area contributed by atoms with Crippen LogP contribution < -0.4 is 10.2 Å². The first-order valence-electron chi connectivity index (χ1n) is 10.2. The molecule has 3 heterocycles. The second-order valence-corrected chi connectivity index (χ2v) is 8.03. The van der Waals surface area contributed by atoms with E-state index in [0.29, 0.717) is 11.5 Å². The van der Waals surface area contributed by atoms with Crippen molar-refractivity contribution in [1.29, 1.82) is 0 Å². The molecule has 11 heteroatoms. The number of aliphatic hydroxyl groups is 1. The quantitative estimate of drug-likeness (QED) is 0.620. The molecule has 0 bridgehead atoms. The summed E-state index contributed by atoms with van der Waals surface area (Å²) in [6, 6.07) is 1.72. The van der Waals surface area contributed by atoms with Crippen LogP contribution >= 0.6 is 0 Å². The van der Waals surface area contributed by atoms with E-state index in [1.807, 2.05) is 14.1 Å². The minimum Gasteiger partial charge on any atom is -0.396 e. The first kappa shape index (κ1) is 21.2. The summed E-state index contributed by atoms with van der Waals surface area (Å²) in [5, 5.41) is 20.0. The van der Waals surface area contributed by atoms with Crippen molar-refractivity contribution < 1.29 is 18.7 Å². The molecule has 31 heavy (non-hydrogen) atoms. The maximum absolute atomic E-state index is 13.6. The Morgan fingerprint density at radius 2 is 2.06 bits per heavy atom. The van der Waals surface area contributed by atoms with Gasteiger partial charge in [0.25, 0.3) is 12.3 Å². The lowest BCUT2D eigenvalue weighted by Gasteiger charge is -2.27. The van der Waals surface area contributed by atoms with Crippen LogP contribution in [0.4, 0.5) is 20.3 Å². The zero-order valence-corrected chi connectivity index (χ0v) is 17.4. The highest BCUT2D eigenvalue weighted by Gasteiger charge is 2.27. The Morgan fingerprint density at radius 1 is 1.32 bits per heavy atom. The molecule has 3 aromatic rings. The molecule has 2 N–H and O–H groups in total. The molecule has 0 aliphatic heterocycles. The van der Waals surface area contributed by atoms with Gasteiger partial charge in [-0.2, -0.15) is 10.2 Å². The number of aliphatic hydroxyl groups excluding tert-OH is 1. The van der Waals surface area contributed by atoms with E-state index in [-0.39, 0.29) is 29.8 Å². The minimum absolute atomic E-state index is 0.0209. The van der Waals surface area contributed by atoms with E-state index in [2.05, 4.69) is 20.5 Å². The molecular formula is C20H25F2N7O2. The van der Waals surface area contributed by atoms with Gasteiger partial charge in [-0.1, -0.05) is 0 Å². The zero-order chi connectivity index (χ0) is 22.1. The highest BCUT2D eigenvalue weighted by Crippen LogP contribution is 2.34. The summed E-state index contributed by atoms with van der Waals surface area (Å²) in [4.78, 5) is 19.1. The van der Waals surface area contributed by atoms with Crippen LogP contribution in [0.1, 0.15) is 54.2 Å². The third-order valence-corrected chi connectivity index (χ3v) is 5.72. The third-order valence-electron chi connectivity index (χ3n) is 5.72. The summed E-state index contributed by atoms with van der Waals surface area (Å²) >= 11 is 0. The molecule has 0 aromatic carbocycles. The number of carbonyl (C=O) groups excluding carboxylic acids is 1. The normalized spacial score (nSPS) is 19.2. The van der Waals surface area contributed by atoms with E-state index in [1.165, 1.54) is 21.6 Å². The van der Waals surface area contributed by atoms with Crippen molar-refractivity contribution in [3.8, 4) is 0 Å². The van der Waals surface area contributed by atoms with E-state index < -0.39 is 18.0 Å². The fraction of sp³-hybridized carbons (Fsp3) is 0.500. The number of anilines is 2. The van der Waals surface area contributed by atoms with Gasteiger partial charge in [-0.05, 0) is 37.7 Å². The Kier molecular flexibility index (Phi) is 5.86. The van der Waals surface area contributed by atoms with Crippen molar-refractivity contribution in [1.82, 2.24) is 24.4 Å². The number of hydrogen-bond acceptors (Lipinski definition) is 6. The van der Waals surface area contributed by atoms with Crippen LogP contribution in [0, 0.1) is 5.92 Å². The predicted molar refractivity (Wildman–Crippen MR) is 111 cm³/mol. The molecule has 1 aliphatic carbocycles. The molecule has 1 saturated carbocycles. The lowest BCUT2D eigenvalue weighted by molar-refractivity contribution is 0.102. The maximum Gasteiger partial charge on any atom is 0.284 e. The van der Waals surface area contributed by atoms with Gasteiger partial charge in [0.2, 0.25) is 0 Å². The van der Waals surface area contributed by atoms with Gasteiger partial charge in [-0.3, -0.25) is 9.48 Å². The van der Waals surface area contributed by atoms with Gasteiger partial charge in [0.1, 0.15) is 11.4 Å². The van der Waals surface area contributed by atoms with Gasteiger partial charge in [0.05, 0.1) is 17.9 Å². The maximum atomic E-state index is 13.6. The molecule has 0 unspecified atom stereocenters.